The first-order valence-corrected chi connectivity index (χ1v) is 7.20. The molecule has 0 atom stereocenters. The molecule has 0 saturated heterocycles. The summed E-state index contributed by atoms with van der Waals surface area (Å²) in [6.07, 6.45) is 2.58. The third kappa shape index (κ3) is 5.40. The van der Waals surface area contributed by atoms with Crippen molar-refractivity contribution in [2.75, 3.05) is 19.8 Å². The molecule has 0 amide bonds. The summed E-state index contributed by atoms with van der Waals surface area (Å²) in [4.78, 5) is 10.1. The predicted octanol–water partition coefficient (Wildman–Crippen LogP) is 3.73. The summed E-state index contributed by atoms with van der Waals surface area (Å²) < 4.78 is 10.8. The number of aldehydes is 1. The van der Waals surface area contributed by atoms with Gasteiger partial charge in [-0.2, -0.15) is 0 Å². The van der Waals surface area contributed by atoms with Crippen LogP contribution in [0.4, 0.5) is 0 Å². The zero-order valence-electron chi connectivity index (χ0n) is 12.0. The Morgan fingerprint density at radius 2 is 1.48 bits per heavy atom. The largest absolute Gasteiger partial charge is 0.494 e. The van der Waals surface area contributed by atoms with Crippen LogP contribution in [0, 0.1) is 0 Å². The standard InChI is InChI=1S/C18H20O3/c19-12-15-20-13-4-5-14-21-18-10-8-17(9-11-18)16-6-2-1-3-7-16/h1-3,6-12H,4-5,13-15H2. The molecule has 0 heterocycles. The molecule has 0 aliphatic rings. The van der Waals surface area contributed by atoms with Crippen LogP contribution < -0.4 is 4.74 Å². The molecule has 0 unspecified atom stereocenters. The molecular formula is C18H20O3. The molecule has 0 saturated carbocycles. The number of carbonyl (C=O) groups is 1. The number of benzene rings is 2. The minimum absolute atomic E-state index is 0.182. The van der Waals surface area contributed by atoms with Gasteiger partial charge in [-0.15, -0.1) is 0 Å². The molecular weight excluding hydrogens is 264 g/mol. The summed E-state index contributed by atoms with van der Waals surface area (Å²) in [6.45, 7) is 1.45. The van der Waals surface area contributed by atoms with Gasteiger partial charge in [-0.25, -0.2) is 0 Å². The molecule has 2 aromatic rings. The van der Waals surface area contributed by atoms with Crippen molar-refractivity contribution in [1.82, 2.24) is 0 Å². The summed E-state index contributed by atoms with van der Waals surface area (Å²) in [5.41, 5.74) is 2.39. The maximum Gasteiger partial charge on any atom is 0.145 e. The van der Waals surface area contributed by atoms with Gasteiger partial charge >= 0.3 is 0 Å². The maximum atomic E-state index is 10.1. The van der Waals surface area contributed by atoms with E-state index in [0.29, 0.717) is 13.2 Å². The van der Waals surface area contributed by atoms with E-state index in [1.165, 1.54) is 11.1 Å². The van der Waals surface area contributed by atoms with E-state index in [9.17, 15) is 4.79 Å². The molecule has 21 heavy (non-hydrogen) atoms. The van der Waals surface area contributed by atoms with E-state index >= 15 is 0 Å². The molecule has 0 N–H and O–H groups in total. The smallest absolute Gasteiger partial charge is 0.145 e. The Bertz CT molecular complexity index is 520. The van der Waals surface area contributed by atoms with E-state index in [-0.39, 0.29) is 6.61 Å². The number of carbonyl (C=O) groups excluding carboxylic acids is 1. The van der Waals surface area contributed by atoms with Crippen LogP contribution >= 0.6 is 0 Å². The Morgan fingerprint density at radius 3 is 2.19 bits per heavy atom. The number of hydrogen-bond donors (Lipinski definition) is 0. The van der Waals surface area contributed by atoms with Gasteiger partial charge in [0.05, 0.1) is 6.61 Å². The van der Waals surface area contributed by atoms with E-state index in [0.717, 1.165) is 24.9 Å². The number of rotatable bonds is 9. The van der Waals surface area contributed by atoms with Crippen molar-refractivity contribution >= 4 is 6.29 Å². The minimum atomic E-state index is 0.182. The molecule has 0 aliphatic carbocycles. The average Bonchev–Trinajstić information content (AvgIpc) is 2.55. The predicted molar refractivity (Wildman–Crippen MR) is 83.5 cm³/mol. The highest BCUT2D eigenvalue weighted by molar-refractivity contribution is 5.63. The second-order valence-electron chi connectivity index (χ2n) is 4.69. The van der Waals surface area contributed by atoms with Crippen molar-refractivity contribution in [2.24, 2.45) is 0 Å². The molecule has 2 rings (SSSR count). The first kappa shape index (κ1) is 15.3. The number of hydrogen-bond acceptors (Lipinski definition) is 3. The average molecular weight is 284 g/mol. The fourth-order valence-electron chi connectivity index (χ4n) is 2.00. The molecule has 0 bridgehead atoms. The Kier molecular flexibility index (Phi) is 6.49. The molecule has 3 nitrogen and oxygen atoms in total. The van der Waals surface area contributed by atoms with Gasteiger partial charge in [0.1, 0.15) is 18.6 Å². The Hall–Kier alpha value is -2.13. The summed E-state index contributed by atoms with van der Waals surface area (Å²) >= 11 is 0. The van der Waals surface area contributed by atoms with Gasteiger partial charge in [-0.1, -0.05) is 42.5 Å². The monoisotopic (exact) mass is 284 g/mol. The van der Waals surface area contributed by atoms with Gasteiger partial charge in [0.25, 0.3) is 0 Å². The van der Waals surface area contributed by atoms with Crippen molar-refractivity contribution in [2.45, 2.75) is 12.8 Å². The molecule has 0 spiro atoms. The van der Waals surface area contributed by atoms with Crippen LogP contribution in [0.2, 0.25) is 0 Å². The molecule has 0 fully saturated rings. The zero-order chi connectivity index (χ0) is 14.8. The zero-order valence-corrected chi connectivity index (χ0v) is 12.0. The fourth-order valence-corrected chi connectivity index (χ4v) is 2.00. The van der Waals surface area contributed by atoms with E-state index < -0.39 is 0 Å². The van der Waals surface area contributed by atoms with Crippen LogP contribution in [0.25, 0.3) is 11.1 Å². The van der Waals surface area contributed by atoms with E-state index in [2.05, 4.69) is 24.3 Å². The van der Waals surface area contributed by atoms with Crippen LogP contribution in [0.15, 0.2) is 54.6 Å². The molecule has 2 aromatic carbocycles. The van der Waals surface area contributed by atoms with Crippen molar-refractivity contribution in [3.63, 3.8) is 0 Å². The lowest BCUT2D eigenvalue weighted by atomic mass is 10.1. The van der Waals surface area contributed by atoms with Crippen LogP contribution in [0.5, 0.6) is 5.75 Å². The van der Waals surface area contributed by atoms with Crippen LogP contribution in [-0.2, 0) is 9.53 Å². The quantitative estimate of drug-likeness (QED) is 0.520. The first-order chi connectivity index (χ1) is 10.4. The van der Waals surface area contributed by atoms with Crippen LogP contribution in [0.1, 0.15) is 12.8 Å². The minimum Gasteiger partial charge on any atom is -0.494 e. The first-order valence-electron chi connectivity index (χ1n) is 7.20. The van der Waals surface area contributed by atoms with Gasteiger partial charge in [-0.3, -0.25) is 0 Å². The number of ether oxygens (including phenoxy) is 2. The van der Waals surface area contributed by atoms with E-state index in [1.807, 2.05) is 30.3 Å². The molecule has 0 aliphatic heterocycles. The molecule has 3 heteroatoms. The lowest BCUT2D eigenvalue weighted by Crippen LogP contribution is -2.02. The van der Waals surface area contributed by atoms with Gasteiger partial charge in [0.2, 0.25) is 0 Å². The summed E-state index contributed by atoms with van der Waals surface area (Å²) in [5.74, 6) is 0.878. The summed E-state index contributed by atoms with van der Waals surface area (Å²) in [6, 6.07) is 18.4. The van der Waals surface area contributed by atoms with Crippen LogP contribution in [0.3, 0.4) is 0 Å². The highest BCUT2D eigenvalue weighted by Gasteiger charge is 1.98. The molecule has 0 aromatic heterocycles. The highest BCUT2D eigenvalue weighted by atomic mass is 16.5. The fraction of sp³-hybridized carbons (Fsp3) is 0.278. The number of unbranched alkanes of at least 4 members (excludes halogenated alkanes) is 1. The second-order valence-corrected chi connectivity index (χ2v) is 4.69. The van der Waals surface area contributed by atoms with Gasteiger partial charge in [0, 0.05) is 6.61 Å². The third-order valence-corrected chi connectivity index (χ3v) is 3.10. The Morgan fingerprint density at radius 1 is 0.810 bits per heavy atom. The highest BCUT2D eigenvalue weighted by Crippen LogP contribution is 2.22. The lowest BCUT2D eigenvalue weighted by Gasteiger charge is -2.07. The van der Waals surface area contributed by atoms with Crippen molar-refractivity contribution in [1.29, 1.82) is 0 Å². The van der Waals surface area contributed by atoms with Gasteiger partial charge in [0.15, 0.2) is 0 Å². The van der Waals surface area contributed by atoms with Gasteiger partial charge < -0.3 is 14.3 Å². The summed E-state index contributed by atoms with van der Waals surface area (Å²) in [5, 5.41) is 0. The van der Waals surface area contributed by atoms with Crippen molar-refractivity contribution < 1.29 is 14.3 Å². The second kappa shape index (κ2) is 8.93. The van der Waals surface area contributed by atoms with Crippen molar-refractivity contribution in [3.8, 4) is 16.9 Å². The van der Waals surface area contributed by atoms with E-state index in [4.69, 9.17) is 9.47 Å². The molecule has 0 radical (unpaired) electrons. The SMILES string of the molecule is O=CCOCCCCOc1ccc(-c2ccccc2)cc1. The van der Waals surface area contributed by atoms with E-state index in [1.54, 1.807) is 0 Å². The molecule has 110 valence electrons. The normalized spacial score (nSPS) is 10.3. The van der Waals surface area contributed by atoms with Crippen LogP contribution in [-0.4, -0.2) is 26.1 Å². The summed E-state index contributed by atoms with van der Waals surface area (Å²) in [7, 11) is 0. The Balaban J connectivity index is 1.72. The maximum absolute atomic E-state index is 10.1. The third-order valence-electron chi connectivity index (χ3n) is 3.10. The Labute approximate surface area is 125 Å². The lowest BCUT2D eigenvalue weighted by molar-refractivity contribution is -0.111. The van der Waals surface area contributed by atoms with Gasteiger partial charge in [-0.05, 0) is 36.1 Å². The topological polar surface area (TPSA) is 35.5 Å². The van der Waals surface area contributed by atoms with Crippen molar-refractivity contribution in [3.05, 3.63) is 54.6 Å².